The van der Waals surface area contributed by atoms with E-state index >= 15 is 0 Å². The molecule has 2 N–H and O–H groups in total. The number of carboxylic acids is 1. The molecular weight excluding hydrogens is 355 g/mol. The molecule has 0 unspecified atom stereocenters. The highest BCUT2D eigenvalue weighted by molar-refractivity contribution is 5.85. The SMILES string of the molecule is CCOC(=O)C[C@H](C)[C@H](NC(=O)Cc1cccc(C(F)(F)F)c1)C(=O)O. The van der Waals surface area contributed by atoms with E-state index < -0.39 is 48.0 Å². The van der Waals surface area contributed by atoms with Crippen LogP contribution in [0.25, 0.3) is 0 Å². The Bertz CT molecular complexity index is 660. The number of carbonyl (C=O) groups excluding carboxylic acids is 2. The molecular formula is C17H20F3NO5. The van der Waals surface area contributed by atoms with Crippen molar-refractivity contribution in [1.82, 2.24) is 5.32 Å². The zero-order chi connectivity index (χ0) is 19.9. The molecule has 0 saturated heterocycles. The van der Waals surface area contributed by atoms with E-state index in [1.807, 2.05) is 0 Å². The van der Waals surface area contributed by atoms with E-state index in [4.69, 9.17) is 4.74 Å². The molecule has 1 amide bonds. The average Bonchev–Trinajstić information content (AvgIpc) is 2.51. The number of esters is 1. The van der Waals surface area contributed by atoms with Crippen LogP contribution >= 0.6 is 0 Å². The first-order valence-electron chi connectivity index (χ1n) is 7.88. The molecule has 1 aromatic rings. The first kappa shape index (κ1) is 21.5. The first-order chi connectivity index (χ1) is 12.0. The molecule has 1 rings (SSSR count). The summed E-state index contributed by atoms with van der Waals surface area (Å²) in [6.07, 6.45) is -5.17. The van der Waals surface area contributed by atoms with Crippen LogP contribution in [0.3, 0.4) is 0 Å². The number of amides is 1. The molecule has 0 aliphatic heterocycles. The third-order valence-electron chi connectivity index (χ3n) is 3.56. The summed E-state index contributed by atoms with van der Waals surface area (Å²) in [5, 5.41) is 11.5. The van der Waals surface area contributed by atoms with E-state index in [-0.39, 0.29) is 18.6 Å². The Balaban J connectivity index is 2.76. The van der Waals surface area contributed by atoms with E-state index in [2.05, 4.69) is 5.32 Å². The zero-order valence-electron chi connectivity index (χ0n) is 14.3. The van der Waals surface area contributed by atoms with Crippen molar-refractivity contribution in [2.45, 2.75) is 38.9 Å². The minimum atomic E-state index is -4.54. The summed E-state index contributed by atoms with van der Waals surface area (Å²) in [7, 11) is 0. The molecule has 0 aliphatic rings. The van der Waals surface area contributed by atoms with E-state index in [1.54, 1.807) is 6.92 Å². The van der Waals surface area contributed by atoms with E-state index in [0.29, 0.717) is 0 Å². The van der Waals surface area contributed by atoms with E-state index in [0.717, 1.165) is 12.1 Å². The van der Waals surface area contributed by atoms with Gasteiger partial charge in [0.2, 0.25) is 5.91 Å². The highest BCUT2D eigenvalue weighted by Gasteiger charge is 2.31. The van der Waals surface area contributed by atoms with Crippen LogP contribution in [0.4, 0.5) is 13.2 Å². The maximum absolute atomic E-state index is 12.7. The summed E-state index contributed by atoms with van der Waals surface area (Å²) in [5.41, 5.74) is -0.798. The first-order valence-corrected chi connectivity index (χ1v) is 7.88. The molecule has 0 aliphatic carbocycles. The topological polar surface area (TPSA) is 92.7 Å². The van der Waals surface area contributed by atoms with Gasteiger partial charge in [0, 0.05) is 0 Å². The Morgan fingerprint density at radius 3 is 2.46 bits per heavy atom. The van der Waals surface area contributed by atoms with Crippen LogP contribution in [0.2, 0.25) is 0 Å². The largest absolute Gasteiger partial charge is 0.480 e. The Kier molecular flexibility index (Phi) is 7.60. The van der Waals surface area contributed by atoms with Gasteiger partial charge in [0.25, 0.3) is 0 Å². The van der Waals surface area contributed by atoms with Crippen LogP contribution in [-0.4, -0.2) is 35.6 Å². The van der Waals surface area contributed by atoms with Gasteiger partial charge in [0.05, 0.1) is 25.0 Å². The van der Waals surface area contributed by atoms with Gasteiger partial charge in [0.1, 0.15) is 6.04 Å². The zero-order valence-corrected chi connectivity index (χ0v) is 14.3. The second-order valence-electron chi connectivity index (χ2n) is 5.74. The van der Waals surface area contributed by atoms with Crippen molar-refractivity contribution in [2.75, 3.05) is 6.61 Å². The average molecular weight is 375 g/mol. The fourth-order valence-corrected chi connectivity index (χ4v) is 2.32. The monoisotopic (exact) mass is 375 g/mol. The van der Waals surface area contributed by atoms with E-state index in [1.165, 1.54) is 19.1 Å². The van der Waals surface area contributed by atoms with Gasteiger partial charge in [-0.25, -0.2) is 4.79 Å². The lowest BCUT2D eigenvalue weighted by Gasteiger charge is -2.21. The lowest BCUT2D eigenvalue weighted by molar-refractivity contribution is -0.147. The molecule has 0 spiro atoms. The minimum absolute atomic E-state index is 0.0968. The summed E-state index contributed by atoms with van der Waals surface area (Å²) in [5.74, 6) is -3.46. The highest BCUT2D eigenvalue weighted by atomic mass is 19.4. The van der Waals surface area contributed by atoms with Crippen molar-refractivity contribution in [1.29, 1.82) is 0 Å². The predicted molar refractivity (Wildman–Crippen MR) is 85.1 cm³/mol. The molecule has 26 heavy (non-hydrogen) atoms. The fraction of sp³-hybridized carbons (Fsp3) is 0.471. The summed E-state index contributed by atoms with van der Waals surface area (Å²) in [6.45, 7) is 3.21. The molecule has 0 radical (unpaired) electrons. The van der Waals surface area contributed by atoms with Gasteiger partial charge in [-0.15, -0.1) is 0 Å². The second-order valence-corrected chi connectivity index (χ2v) is 5.74. The van der Waals surface area contributed by atoms with Gasteiger partial charge in [0.15, 0.2) is 0 Å². The lowest BCUT2D eigenvalue weighted by atomic mass is 9.97. The lowest BCUT2D eigenvalue weighted by Crippen LogP contribution is -2.46. The maximum atomic E-state index is 12.7. The predicted octanol–water partition coefficient (Wildman–Crippen LogP) is 2.41. The Morgan fingerprint density at radius 2 is 1.92 bits per heavy atom. The number of carbonyl (C=O) groups is 3. The number of rotatable bonds is 8. The number of aliphatic carboxylic acids is 1. The van der Waals surface area contributed by atoms with Crippen LogP contribution in [0.5, 0.6) is 0 Å². The summed E-state index contributed by atoms with van der Waals surface area (Å²) < 4.78 is 42.8. The van der Waals surface area contributed by atoms with Gasteiger partial charge in [-0.1, -0.05) is 25.1 Å². The molecule has 1 aromatic carbocycles. The summed E-state index contributed by atoms with van der Waals surface area (Å²) in [6, 6.07) is 2.86. The molecule has 2 atom stereocenters. The minimum Gasteiger partial charge on any atom is -0.480 e. The van der Waals surface area contributed by atoms with Crippen molar-refractivity contribution < 1.29 is 37.4 Å². The molecule has 0 saturated carbocycles. The maximum Gasteiger partial charge on any atom is 0.416 e. The van der Waals surface area contributed by atoms with Gasteiger partial charge in [-0.05, 0) is 24.5 Å². The van der Waals surface area contributed by atoms with Crippen LogP contribution in [0.15, 0.2) is 24.3 Å². The van der Waals surface area contributed by atoms with Gasteiger partial charge >= 0.3 is 18.1 Å². The van der Waals surface area contributed by atoms with Gasteiger partial charge in [-0.2, -0.15) is 13.2 Å². The Labute approximate surface area is 148 Å². The number of hydrogen-bond donors (Lipinski definition) is 2. The normalized spacial score (nSPS) is 13.6. The Hall–Kier alpha value is -2.58. The number of ether oxygens (including phenoxy) is 1. The number of hydrogen-bond acceptors (Lipinski definition) is 4. The highest BCUT2D eigenvalue weighted by Crippen LogP contribution is 2.29. The number of benzene rings is 1. The third-order valence-corrected chi connectivity index (χ3v) is 3.56. The van der Waals surface area contributed by atoms with Crippen LogP contribution in [0.1, 0.15) is 31.4 Å². The van der Waals surface area contributed by atoms with E-state index in [9.17, 15) is 32.7 Å². The molecule has 6 nitrogen and oxygen atoms in total. The van der Waals surface area contributed by atoms with Crippen molar-refractivity contribution in [2.24, 2.45) is 5.92 Å². The van der Waals surface area contributed by atoms with Gasteiger partial charge in [-0.3, -0.25) is 9.59 Å². The number of carboxylic acid groups (broad SMARTS) is 1. The Morgan fingerprint density at radius 1 is 1.27 bits per heavy atom. The molecule has 0 fully saturated rings. The fourth-order valence-electron chi connectivity index (χ4n) is 2.32. The van der Waals surface area contributed by atoms with Crippen molar-refractivity contribution >= 4 is 17.8 Å². The van der Waals surface area contributed by atoms with Crippen LogP contribution < -0.4 is 5.32 Å². The second kappa shape index (κ2) is 9.21. The molecule has 0 bridgehead atoms. The van der Waals surface area contributed by atoms with Gasteiger partial charge < -0.3 is 15.2 Å². The summed E-state index contributed by atoms with van der Waals surface area (Å²) in [4.78, 5) is 34.8. The molecule has 144 valence electrons. The standard InChI is InChI=1S/C17H20F3NO5/c1-3-26-14(23)7-10(2)15(16(24)25)21-13(22)9-11-5-4-6-12(8-11)17(18,19)20/h4-6,8,10,15H,3,7,9H2,1-2H3,(H,21,22)(H,24,25)/t10-,15-/m0/s1. The number of halogens is 3. The van der Waals surface area contributed by atoms with Crippen LogP contribution in [0, 0.1) is 5.92 Å². The van der Waals surface area contributed by atoms with Crippen LogP contribution in [-0.2, 0) is 31.7 Å². The summed E-state index contributed by atoms with van der Waals surface area (Å²) >= 11 is 0. The molecule has 9 heteroatoms. The quantitative estimate of drug-likeness (QED) is 0.681. The number of nitrogens with one attached hydrogen (secondary N) is 1. The van der Waals surface area contributed by atoms with Crippen molar-refractivity contribution in [3.8, 4) is 0 Å². The van der Waals surface area contributed by atoms with Crippen molar-refractivity contribution in [3.05, 3.63) is 35.4 Å². The van der Waals surface area contributed by atoms with Crippen molar-refractivity contribution in [3.63, 3.8) is 0 Å². The molecule has 0 aromatic heterocycles. The smallest absolute Gasteiger partial charge is 0.416 e. The number of alkyl halides is 3. The third kappa shape index (κ3) is 6.73. The molecule has 0 heterocycles.